The number of benzene rings is 1. The Morgan fingerprint density at radius 3 is 2.53 bits per heavy atom. The van der Waals surface area contributed by atoms with E-state index in [0.717, 1.165) is 6.54 Å². The van der Waals surface area contributed by atoms with Crippen LogP contribution in [0.1, 0.15) is 39.2 Å². The molecule has 2 rings (SSSR count). The Balaban J connectivity index is 2.23. The van der Waals surface area contributed by atoms with Crippen molar-refractivity contribution in [2.45, 2.75) is 39.7 Å². The first-order valence-electron chi connectivity index (χ1n) is 7.15. The van der Waals surface area contributed by atoms with E-state index in [2.05, 4.69) is 62.3 Å². The zero-order valence-corrected chi connectivity index (χ0v) is 12.4. The summed E-state index contributed by atoms with van der Waals surface area (Å²) < 4.78 is 0. The third kappa shape index (κ3) is 3.32. The molecule has 0 fully saturated rings. The van der Waals surface area contributed by atoms with Gasteiger partial charge < -0.3 is 5.32 Å². The summed E-state index contributed by atoms with van der Waals surface area (Å²) in [6.45, 7) is 10.0. The number of aromatic nitrogens is 1. The van der Waals surface area contributed by atoms with Crippen molar-refractivity contribution in [3.8, 4) is 0 Å². The molecule has 2 atom stereocenters. The van der Waals surface area contributed by atoms with E-state index in [-0.39, 0.29) is 0 Å². The topological polar surface area (TPSA) is 24.9 Å². The maximum Gasteiger partial charge on any atom is 0.0346 e. The molecule has 0 amide bonds. The van der Waals surface area contributed by atoms with Crippen LogP contribution in [0.2, 0.25) is 0 Å². The lowest BCUT2D eigenvalue weighted by Crippen LogP contribution is -2.29. The minimum atomic E-state index is 0.504. The smallest absolute Gasteiger partial charge is 0.0346 e. The molecule has 0 aliphatic rings. The second-order valence-corrected chi connectivity index (χ2v) is 5.78. The summed E-state index contributed by atoms with van der Waals surface area (Å²) in [5.41, 5.74) is 1.36. The van der Waals surface area contributed by atoms with Crippen LogP contribution >= 0.6 is 0 Å². The van der Waals surface area contributed by atoms with Gasteiger partial charge in [0.25, 0.3) is 0 Å². The fraction of sp³-hybridized carbons (Fsp3) is 0.471. The van der Waals surface area contributed by atoms with Gasteiger partial charge in [-0.2, -0.15) is 0 Å². The molecule has 1 aromatic carbocycles. The largest absolute Gasteiger partial charge is 0.314 e. The predicted molar refractivity (Wildman–Crippen MR) is 82.5 cm³/mol. The Hall–Kier alpha value is -1.41. The third-order valence-corrected chi connectivity index (χ3v) is 3.89. The maximum atomic E-state index is 4.39. The highest BCUT2D eigenvalue weighted by molar-refractivity contribution is 5.85. The van der Waals surface area contributed by atoms with Crippen LogP contribution in [-0.2, 0) is 0 Å². The number of hydrogen-bond acceptors (Lipinski definition) is 2. The molecule has 19 heavy (non-hydrogen) atoms. The Morgan fingerprint density at radius 1 is 1.05 bits per heavy atom. The number of fused-ring (bicyclic) bond motifs is 1. The number of nitrogens with zero attached hydrogens (tertiary/aromatic N) is 1. The number of hydrogen-bond donors (Lipinski definition) is 1. The van der Waals surface area contributed by atoms with Crippen molar-refractivity contribution >= 4 is 10.8 Å². The van der Waals surface area contributed by atoms with Crippen LogP contribution < -0.4 is 5.32 Å². The molecule has 1 heterocycles. The molecular weight excluding hydrogens is 232 g/mol. The van der Waals surface area contributed by atoms with Gasteiger partial charge in [-0.3, -0.25) is 4.98 Å². The van der Waals surface area contributed by atoms with Crippen molar-refractivity contribution in [2.75, 3.05) is 6.54 Å². The van der Waals surface area contributed by atoms with Crippen molar-refractivity contribution < 1.29 is 0 Å². The summed E-state index contributed by atoms with van der Waals surface area (Å²) in [5, 5.41) is 6.09. The molecule has 1 aromatic heterocycles. The lowest BCUT2D eigenvalue weighted by Gasteiger charge is -2.23. The van der Waals surface area contributed by atoms with Crippen molar-refractivity contribution in [2.24, 2.45) is 5.92 Å². The molecule has 2 heteroatoms. The van der Waals surface area contributed by atoms with Crippen molar-refractivity contribution in [3.63, 3.8) is 0 Å². The first-order valence-corrected chi connectivity index (χ1v) is 7.15. The molecule has 0 aliphatic carbocycles. The summed E-state index contributed by atoms with van der Waals surface area (Å²) in [7, 11) is 0. The zero-order chi connectivity index (χ0) is 13.8. The van der Waals surface area contributed by atoms with Crippen LogP contribution in [-0.4, -0.2) is 17.6 Å². The third-order valence-electron chi connectivity index (χ3n) is 3.89. The molecular formula is C17H24N2. The molecule has 0 aliphatic heterocycles. The number of rotatable bonds is 5. The summed E-state index contributed by atoms with van der Waals surface area (Å²) in [6.07, 6.45) is 3.97. The van der Waals surface area contributed by atoms with Crippen LogP contribution in [0, 0.1) is 5.92 Å². The van der Waals surface area contributed by atoms with E-state index in [1.807, 2.05) is 12.4 Å². The first kappa shape index (κ1) is 14.0. The van der Waals surface area contributed by atoms with Gasteiger partial charge in [-0.05, 0) is 29.3 Å². The van der Waals surface area contributed by atoms with Crippen LogP contribution in [0.4, 0.5) is 0 Å². The van der Waals surface area contributed by atoms with Crippen molar-refractivity contribution in [3.05, 3.63) is 42.2 Å². The number of nitrogens with one attached hydrogen (secondary N) is 1. The van der Waals surface area contributed by atoms with Crippen LogP contribution in [0.3, 0.4) is 0 Å². The lowest BCUT2D eigenvalue weighted by atomic mass is 9.87. The van der Waals surface area contributed by atoms with E-state index in [1.165, 1.54) is 16.3 Å². The molecule has 1 N–H and O–H groups in total. The van der Waals surface area contributed by atoms with E-state index < -0.39 is 0 Å². The van der Waals surface area contributed by atoms with Gasteiger partial charge in [-0.1, -0.05) is 52.0 Å². The second kappa shape index (κ2) is 6.16. The van der Waals surface area contributed by atoms with Crippen LogP contribution in [0.15, 0.2) is 36.7 Å². The van der Waals surface area contributed by atoms with Crippen molar-refractivity contribution in [1.82, 2.24) is 10.3 Å². The predicted octanol–water partition coefficient (Wildman–Crippen LogP) is 3.97. The van der Waals surface area contributed by atoms with Gasteiger partial charge in [0.1, 0.15) is 0 Å². The van der Waals surface area contributed by atoms with E-state index in [1.54, 1.807) is 0 Å². The van der Waals surface area contributed by atoms with Gasteiger partial charge in [0.15, 0.2) is 0 Å². The molecule has 102 valence electrons. The zero-order valence-electron chi connectivity index (χ0n) is 12.4. The lowest BCUT2D eigenvalue weighted by molar-refractivity contribution is 0.427. The first-order chi connectivity index (χ1) is 9.09. The Morgan fingerprint density at radius 2 is 1.79 bits per heavy atom. The van der Waals surface area contributed by atoms with Gasteiger partial charge in [0.05, 0.1) is 0 Å². The van der Waals surface area contributed by atoms with E-state index in [0.29, 0.717) is 17.9 Å². The SMILES string of the molecule is CC(C)NCC(C)C(C)c1cncc2ccccc12. The Bertz CT molecular complexity index is 528. The Kier molecular flexibility index (Phi) is 4.54. The molecule has 0 saturated carbocycles. The van der Waals surface area contributed by atoms with Gasteiger partial charge >= 0.3 is 0 Å². The molecule has 2 aromatic rings. The number of pyridine rings is 1. The van der Waals surface area contributed by atoms with Crippen molar-refractivity contribution in [1.29, 1.82) is 0 Å². The minimum absolute atomic E-state index is 0.504. The quantitative estimate of drug-likeness (QED) is 0.875. The molecule has 0 radical (unpaired) electrons. The second-order valence-electron chi connectivity index (χ2n) is 5.78. The molecule has 2 unspecified atom stereocenters. The highest BCUT2D eigenvalue weighted by Crippen LogP contribution is 2.29. The van der Waals surface area contributed by atoms with E-state index >= 15 is 0 Å². The maximum absolute atomic E-state index is 4.39. The normalized spacial score (nSPS) is 14.8. The van der Waals surface area contributed by atoms with E-state index in [9.17, 15) is 0 Å². The average Bonchev–Trinajstić information content (AvgIpc) is 2.43. The van der Waals surface area contributed by atoms with Gasteiger partial charge in [-0.15, -0.1) is 0 Å². The summed E-state index contributed by atoms with van der Waals surface area (Å²) in [6, 6.07) is 9.05. The fourth-order valence-corrected chi connectivity index (χ4v) is 2.41. The minimum Gasteiger partial charge on any atom is -0.314 e. The van der Waals surface area contributed by atoms with E-state index in [4.69, 9.17) is 0 Å². The molecule has 2 nitrogen and oxygen atoms in total. The fourth-order valence-electron chi connectivity index (χ4n) is 2.41. The molecule has 0 bridgehead atoms. The average molecular weight is 256 g/mol. The molecule has 0 saturated heterocycles. The summed E-state index contributed by atoms with van der Waals surface area (Å²) in [4.78, 5) is 4.39. The standard InChI is InChI=1S/C17H24N2/c1-12(2)19-9-13(3)14(4)17-11-18-10-15-7-5-6-8-16(15)17/h5-8,10-14,19H,9H2,1-4H3. The van der Waals surface area contributed by atoms with Gasteiger partial charge in [0.2, 0.25) is 0 Å². The van der Waals surface area contributed by atoms with Crippen LogP contribution in [0.25, 0.3) is 10.8 Å². The van der Waals surface area contributed by atoms with Gasteiger partial charge in [-0.25, -0.2) is 0 Å². The summed E-state index contributed by atoms with van der Waals surface area (Å²) in [5.74, 6) is 1.10. The van der Waals surface area contributed by atoms with Crippen LogP contribution in [0.5, 0.6) is 0 Å². The highest BCUT2D eigenvalue weighted by Gasteiger charge is 2.17. The highest BCUT2D eigenvalue weighted by atomic mass is 14.9. The van der Waals surface area contributed by atoms with Gasteiger partial charge in [0, 0.05) is 23.8 Å². The molecule has 0 spiro atoms. The Labute approximate surface area is 116 Å². The summed E-state index contributed by atoms with van der Waals surface area (Å²) >= 11 is 0. The monoisotopic (exact) mass is 256 g/mol.